The minimum absolute atomic E-state index is 0.118. The molecule has 22 heavy (non-hydrogen) atoms. The Morgan fingerprint density at radius 2 is 1.55 bits per heavy atom. The molecule has 4 N–H and O–H groups in total. The Balaban J connectivity index is 1.86. The van der Waals surface area contributed by atoms with Crippen molar-refractivity contribution < 1.29 is 9.47 Å². The Labute approximate surface area is 132 Å². The number of nitrogens with two attached hydrogens (primary N) is 2. The van der Waals surface area contributed by atoms with Crippen LogP contribution in [0.1, 0.15) is 26.2 Å². The van der Waals surface area contributed by atoms with Gasteiger partial charge in [0.05, 0.1) is 6.61 Å². The highest BCUT2D eigenvalue weighted by atomic mass is 16.5. The maximum atomic E-state index is 6.01. The molecule has 0 aromatic heterocycles. The number of nitrogen functional groups attached to an aromatic ring is 2. The first-order valence-corrected chi connectivity index (χ1v) is 7.68. The summed E-state index contributed by atoms with van der Waals surface area (Å²) in [5.74, 6) is 1.60. The zero-order chi connectivity index (χ0) is 15.8. The van der Waals surface area contributed by atoms with Crippen LogP contribution in [0.3, 0.4) is 0 Å². The Hall–Kier alpha value is -2.36. The molecule has 0 heterocycles. The van der Waals surface area contributed by atoms with Gasteiger partial charge in [0, 0.05) is 29.9 Å². The van der Waals surface area contributed by atoms with Crippen LogP contribution < -0.4 is 20.9 Å². The predicted molar refractivity (Wildman–Crippen MR) is 91.1 cm³/mol. The van der Waals surface area contributed by atoms with E-state index in [0.717, 1.165) is 30.8 Å². The molecule has 0 bridgehead atoms. The van der Waals surface area contributed by atoms with Gasteiger partial charge in [0.15, 0.2) is 0 Å². The van der Waals surface area contributed by atoms with Gasteiger partial charge in [-0.25, -0.2) is 0 Å². The molecule has 0 fully saturated rings. The maximum Gasteiger partial charge on any atom is 0.121 e. The fourth-order valence-electron chi connectivity index (χ4n) is 2.28. The van der Waals surface area contributed by atoms with Gasteiger partial charge >= 0.3 is 0 Å². The first-order valence-electron chi connectivity index (χ1n) is 7.68. The average Bonchev–Trinajstić information content (AvgIpc) is 2.47. The third kappa shape index (κ3) is 5.20. The van der Waals surface area contributed by atoms with E-state index in [1.165, 1.54) is 0 Å². The van der Waals surface area contributed by atoms with Crippen LogP contribution in [-0.4, -0.2) is 12.7 Å². The van der Waals surface area contributed by atoms with Crippen LogP contribution in [0.25, 0.3) is 0 Å². The topological polar surface area (TPSA) is 70.5 Å². The monoisotopic (exact) mass is 300 g/mol. The van der Waals surface area contributed by atoms with Gasteiger partial charge < -0.3 is 20.9 Å². The molecule has 0 aliphatic heterocycles. The van der Waals surface area contributed by atoms with Crippen molar-refractivity contribution >= 4 is 11.4 Å². The van der Waals surface area contributed by atoms with E-state index in [9.17, 15) is 0 Å². The molecule has 0 spiro atoms. The number of benzene rings is 2. The van der Waals surface area contributed by atoms with Crippen LogP contribution in [0.4, 0.5) is 11.4 Å². The fourth-order valence-corrected chi connectivity index (χ4v) is 2.28. The van der Waals surface area contributed by atoms with Crippen LogP contribution in [0.2, 0.25) is 0 Å². The second-order valence-corrected chi connectivity index (χ2v) is 5.31. The van der Waals surface area contributed by atoms with Crippen molar-refractivity contribution in [1.29, 1.82) is 0 Å². The molecular weight excluding hydrogens is 276 g/mol. The molecule has 118 valence electrons. The number of hydrogen-bond acceptors (Lipinski definition) is 4. The van der Waals surface area contributed by atoms with Crippen molar-refractivity contribution in [3.63, 3.8) is 0 Å². The lowest BCUT2D eigenvalue weighted by molar-refractivity contribution is 0.152. The Morgan fingerprint density at radius 1 is 0.909 bits per heavy atom. The fraction of sp³-hybridized carbons (Fsp3) is 0.333. The Bertz CT molecular complexity index is 587. The highest BCUT2D eigenvalue weighted by molar-refractivity contribution is 5.44. The summed E-state index contributed by atoms with van der Waals surface area (Å²) in [6, 6.07) is 15.0. The van der Waals surface area contributed by atoms with Gasteiger partial charge in [0.1, 0.15) is 17.6 Å². The van der Waals surface area contributed by atoms with Crippen LogP contribution in [0, 0.1) is 0 Å². The minimum atomic E-state index is 0.118. The maximum absolute atomic E-state index is 6.01. The highest BCUT2D eigenvalue weighted by Crippen LogP contribution is 2.20. The molecular formula is C18H24N2O2. The molecule has 4 heteroatoms. The molecule has 2 aromatic carbocycles. The van der Waals surface area contributed by atoms with Gasteiger partial charge in [-0.2, -0.15) is 0 Å². The number of rotatable bonds is 8. The van der Waals surface area contributed by atoms with Crippen molar-refractivity contribution in [1.82, 2.24) is 0 Å². The summed E-state index contributed by atoms with van der Waals surface area (Å²) in [5.41, 5.74) is 12.9. The van der Waals surface area contributed by atoms with E-state index in [0.29, 0.717) is 18.0 Å². The second-order valence-electron chi connectivity index (χ2n) is 5.31. The summed E-state index contributed by atoms with van der Waals surface area (Å²) in [4.78, 5) is 0. The van der Waals surface area contributed by atoms with Crippen molar-refractivity contribution in [2.24, 2.45) is 0 Å². The van der Waals surface area contributed by atoms with Gasteiger partial charge in [-0.15, -0.1) is 0 Å². The third-order valence-corrected chi connectivity index (χ3v) is 3.34. The lowest BCUT2D eigenvalue weighted by Crippen LogP contribution is -2.19. The number of hydrogen-bond donors (Lipinski definition) is 2. The second kappa shape index (κ2) is 8.17. The molecule has 0 aliphatic rings. The summed E-state index contributed by atoms with van der Waals surface area (Å²) >= 11 is 0. The van der Waals surface area contributed by atoms with Gasteiger partial charge in [0.2, 0.25) is 0 Å². The summed E-state index contributed by atoms with van der Waals surface area (Å²) in [6.45, 7) is 2.74. The average molecular weight is 300 g/mol. The van der Waals surface area contributed by atoms with E-state index >= 15 is 0 Å². The van der Waals surface area contributed by atoms with Crippen molar-refractivity contribution in [3.8, 4) is 11.5 Å². The highest BCUT2D eigenvalue weighted by Gasteiger charge is 2.10. The van der Waals surface area contributed by atoms with Crippen LogP contribution in [-0.2, 0) is 0 Å². The quantitative estimate of drug-likeness (QED) is 0.726. The molecule has 2 rings (SSSR count). The molecule has 0 saturated carbocycles. The van der Waals surface area contributed by atoms with E-state index < -0.39 is 0 Å². The SMILES string of the molecule is CCCC(CCOc1cccc(N)c1)Oc1cccc(N)c1. The lowest BCUT2D eigenvalue weighted by Gasteiger charge is -2.19. The van der Waals surface area contributed by atoms with E-state index in [2.05, 4.69) is 6.92 Å². The van der Waals surface area contributed by atoms with E-state index in [1.54, 1.807) is 0 Å². The van der Waals surface area contributed by atoms with Gasteiger partial charge in [-0.05, 0) is 30.7 Å². The molecule has 0 aliphatic carbocycles. The summed E-state index contributed by atoms with van der Waals surface area (Å²) in [7, 11) is 0. The summed E-state index contributed by atoms with van der Waals surface area (Å²) < 4.78 is 11.8. The molecule has 2 aromatic rings. The minimum Gasteiger partial charge on any atom is -0.493 e. The van der Waals surface area contributed by atoms with Crippen LogP contribution >= 0.6 is 0 Å². The van der Waals surface area contributed by atoms with E-state index in [4.69, 9.17) is 20.9 Å². The number of anilines is 2. The van der Waals surface area contributed by atoms with Gasteiger partial charge in [-0.3, -0.25) is 0 Å². The largest absolute Gasteiger partial charge is 0.493 e. The van der Waals surface area contributed by atoms with Crippen molar-refractivity contribution in [2.45, 2.75) is 32.3 Å². The summed E-state index contributed by atoms with van der Waals surface area (Å²) in [6.07, 6.45) is 2.98. The molecule has 1 unspecified atom stereocenters. The first-order chi connectivity index (χ1) is 10.7. The molecule has 4 nitrogen and oxygen atoms in total. The van der Waals surface area contributed by atoms with Crippen LogP contribution in [0.15, 0.2) is 48.5 Å². The normalized spacial score (nSPS) is 11.9. The van der Waals surface area contributed by atoms with Crippen LogP contribution in [0.5, 0.6) is 11.5 Å². The predicted octanol–water partition coefficient (Wildman–Crippen LogP) is 3.87. The molecule has 0 amide bonds. The summed E-state index contributed by atoms with van der Waals surface area (Å²) in [5, 5.41) is 0. The van der Waals surface area contributed by atoms with E-state index in [1.807, 2.05) is 48.5 Å². The Kier molecular flexibility index (Phi) is 5.95. The number of ether oxygens (including phenoxy) is 2. The smallest absolute Gasteiger partial charge is 0.121 e. The zero-order valence-electron chi connectivity index (χ0n) is 13.0. The zero-order valence-corrected chi connectivity index (χ0v) is 13.0. The van der Waals surface area contributed by atoms with Crippen molar-refractivity contribution in [2.75, 3.05) is 18.1 Å². The van der Waals surface area contributed by atoms with Gasteiger partial charge in [0.25, 0.3) is 0 Å². The third-order valence-electron chi connectivity index (χ3n) is 3.34. The molecule has 0 saturated heterocycles. The molecule has 0 radical (unpaired) electrons. The molecule has 1 atom stereocenters. The Morgan fingerprint density at radius 3 is 2.18 bits per heavy atom. The first kappa shape index (κ1) is 16.0. The standard InChI is InChI=1S/C18H24N2O2/c1-2-5-16(22-18-9-4-7-15(20)13-18)10-11-21-17-8-3-6-14(19)12-17/h3-4,6-9,12-13,16H,2,5,10-11,19-20H2,1H3. The van der Waals surface area contributed by atoms with E-state index in [-0.39, 0.29) is 6.10 Å². The lowest BCUT2D eigenvalue weighted by atomic mass is 10.1. The van der Waals surface area contributed by atoms with Crippen molar-refractivity contribution in [3.05, 3.63) is 48.5 Å². The van der Waals surface area contributed by atoms with Gasteiger partial charge in [-0.1, -0.05) is 25.5 Å².